The Morgan fingerprint density at radius 2 is 0.542 bits per heavy atom. The van der Waals surface area contributed by atoms with Gasteiger partial charge in [0.15, 0.2) is 0 Å². The van der Waals surface area contributed by atoms with Crippen LogP contribution in [0.25, 0.3) is 44.1 Å². The van der Waals surface area contributed by atoms with Crippen molar-refractivity contribution in [3.05, 3.63) is 189 Å². The lowest BCUT2D eigenvalue weighted by molar-refractivity contribution is 0.0991. The topological polar surface area (TPSA) is 468 Å². The number of aryl methyl sites for hydroxylation is 8. The highest BCUT2D eigenvalue weighted by atomic mass is 16.5. The third-order valence-electron chi connectivity index (χ3n) is 20.5. The van der Waals surface area contributed by atoms with Crippen LogP contribution in [0.2, 0.25) is 0 Å². The molecule has 36 heteroatoms. The minimum Gasteiger partial charge on any atom is -0.489 e. The fourth-order valence-electron chi connectivity index (χ4n) is 15.0. The number of carbonyl (C=O) groups excluding carboxylic acids is 8. The summed E-state index contributed by atoms with van der Waals surface area (Å²) in [5.41, 5.74) is 33.1. The largest absolute Gasteiger partial charge is 0.489 e. The fourth-order valence-corrected chi connectivity index (χ4v) is 15.0. The molecule has 12 aromatic rings. The number of nitrogens with zero attached hydrogens (tertiary/aromatic N) is 16. The highest BCUT2D eigenvalue weighted by Gasteiger charge is 2.35. The van der Waals surface area contributed by atoms with E-state index in [0.29, 0.717) is 192 Å². The van der Waals surface area contributed by atoms with Crippen molar-refractivity contribution >= 4 is 115 Å². The first-order valence-electron chi connectivity index (χ1n) is 39.5. The van der Waals surface area contributed by atoms with Gasteiger partial charge in [0.25, 0.3) is 23.6 Å². The Morgan fingerprint density at radius 3 is 0.717 bits per heavy atom. The number of anilines is 4. The van der Waals surface area contributed by atoms with Gasteiger partial charge >= 0.3 is 0 Å². The van der Waals surface area contributed by atoms with Gasteiger partial charge < -0.3 is 41.9 Å². The Bertz CT molecular complexity index is 5430. The molecule has 0 radical (unpaired) electrons. The summed E-state index contributed by atoms with van der Waals surface area (Å²) in [5, 5.41) is 29.1. The quantitative estimate of drug-likeness (QED) is 0.0260. The second kappa shape index (κ2) is 35.5. The zero-order valence-corrected chi connectivity index (χ0v) is 68.7. The van der Waals surface area contributed by atoms with E-state index in [1.165, 1.54) is 0 Å². The van der Waals surface area contributed by atoms with Crippen LogP contribution in [0, 0.1) is 27.7 Å². The molecule has 0 spiro atoms. The fraction of sp³-hybridized carbons (Fsp3) is 0.333. The van der Waals surface area contributed by atoms with Gasteiger partial charge in [0.05, 0.1) is 69.0 Å². The Hall–Kier alpha value is -14.5. The summed E-state index contributed by atoms with van der Waals surface area (Å²) < 4.78 is 38.1. The molecule has 0 saturated carbocycles. The molecule has 0 aliphatic carbocycles. The number of allylic oxidation sites excluding steroid dienone is 8. The standard InChI is InChI=1S/4C21H24N6O3/c4*1-4-6-7-14-11-30-17-10-13(19(22)28)9-15-18(17)27(14)21(23-15)24-20(29)16-8-12(3)25-26(16)5-2/h4*4,6,8-10,14H,5,7,11H2,1-3H3,(H2,22,28)(H,23,24,29)/b2*6-4+;6-4-;/t3*14-;/m100./s1. The summed E-state index contributed by atoms with van der Waals surface area (Å²) in [6.07, 6.45) is 18.9. The number of hydrogen-bond donors (Lipinski definition) is 8. The Morgan fingerprint density at radius 1 is 0.342 bits per heavy atom. The first-order valence-corrected chi connectivity index (χ1v) is 39.5. The van der Waals surface area contributed by atoms with E-state index in [9.17, 15) is 38.4 Å². The smallest absolute Gasteiger partial charge is 0.276 e. The molecule has 12 N–H and O–H groups in total. The Kier molecular flexibility index (Phi) is 24.7. The normalized spacial score (nSPS) is 15.5. The molecular weight excluding hydrogens is 1540 g/mol. The van der Waals surface area contributed by atoms with Crippen LogP contribution in [-0.4, -0.2) is 151 Å². The highest BCUT2D eigenvalue weighted by Crippen LogP contribution is 2.43. The number of hydrogen-bond acceptors (Lipinski definition) is 20. The molecule has 0 bridgehead atoms. The van der Waals surface area contributed by atoms with Crippen LogP contribution in [0.3, 0.4) is 0 Å². The summed E-state index contributed by atoms with van der Waals surface area (Å²) in [7, 11) is 0. The first kappa shape index (κ1) is 83.5. The van der Waals surface area contributed by atoms with Crippen molar-refractivity contribution in [2.24, 2.45) is 22.9 Å². The molecule has 4 aliphatic rings. The van der Waals surface area contributed by atoms with Gasteiger partial charge in [-0.2, -0.15) is 20.4 Å². The van der Waals surface area contributed by atoms with Crippen molar-refractivity contribution in [3.8, 4) is 23.0 Å². The van der Waals surface area contributed by atoms with Crippen LogP contribution in [0.5, 0.6) is 23.0 Å². The molecule has 36 nitrogen and oxygen atoms in total. The number of nitrogens with two attached hydrogens (primary N) is 4. The number of benzene rings is 4. The maximum atomic E-state index is 13.0. The van der Waals surface area contributed by atoms with Crippen LogP contribution >= 0.6 is 0 Å². The third kappa shape index (κ3) is 16.9. The second-order valence-electron chi connectivity index (χ2n) is 28.9. The number of aromatic nitrogens is 16. The number of nitrogens with one attached hydrogen (secondary N) is 4. The van der Waals surface area contributed by atoms with Crippen molar-refractivity contribution in [1.82, 2.24) is 77.3 Å². The third-order valence-corrected chi connectivity index (χ3v) is 20.5. The zero-order chi connectivity index (χ0) is 85.7. The Balaban J connectivity index is 0.000000138. The molecular formula is C84H96N24O12. The van der Waals surface area contributed by atoms with E-state index >= 15 is 0 Å². The van der Waals surface area contributed by atoms with Crippen molar-refractivity contribution in [3.63, 3.8) is 0 Å². The average Bonchev–Trinajstić information content (AvgIpc) is 1.61. The van der Waals surface area contributed by atoms with Gasteiger partial charge in [-0.05, 0) is 182 Å². The highest BCUT2D eigenvalue weighted by molar-refractivity contribution is 6.08. The number of rotatable bonds is 24. The first-order chi connectivity index (χ1) is 57.7. The van der Waals surface area contributed by atoms with Gasteiger partial charge in [-0.3, -0.25) is 96.6 Å². The average molecular weight is 1630 g/mol. The number of carbonyl (C=O) groups is 8. The van der Waals surface area contributed by atoms with Gasteiger partial charge in [-0.1, -0.05) is 48.6 Å². The van der Waals surface area contributed by atoms with Gasteiger partial charge in [0.1, 0.15) is 94.3 Å². The lowest BCUT2D eigenvalue weighted by Gasteiger charge is -2.26. The predicted molar refractivity (Wildman–Crippen MR) is 451 cm³/mol. The van der Waals surface area contributed by atoms with Gasteiger partial charge in [-0.15, -0.1) is 0 Å². The van der Waals surface area contributed by atoms with E-state index in [-0.39, 0.29) is 47.8 Å². The number of ether oxygens (including phenoxy) is 4. The zero-order valence-electron chi connectivity index (χ0n) is 68.7. The molecule has 0 saturated heterocycles. The lowest BCUT2D eigenvalue weighted by atomic mass is 10.1. The van der Waals surface area contributed by atoms with Gasteiger partial charge in [0, 0.05) is 48.4 Å². The molecule has 120 heavy (non-hydrogen) atoms. The molecule has 624 valence electrons. The van der Waals surface area contributed by atoms with Crippen LogP contribution in [0.1, 0.15) is 211 Å². The van der Waals surface area contributed by atoms with Crippen LogP contribution in [0.4, 0.5) is 23.8 Å². The van der Waals surface area contributed by atoms with E-state index in [4.69, 9.17) is 41.9 Å². The summed E-state index contributed by atoms with van der Waals surface area (Å²) in [4.78, 5) is 117. The molecule has 1 unspecified atom stereocenters. The second-order valence-corrected chi connectivity index (χ2v) is 28.9. The van der Waals surface area contributed by atoms with E-state index < -0.39 is 23.6 Å². The number of primary amides is 4. The molecule has 4 aromatic carbocycles. The number of imidazole rings is 4. The molecule has 0 fully saturated rings. The van der Waals surface area contributed by atoms with Crippen molar-refractivity contribution < 1.29 is 57.3 Å². The summed E-state index contributed by atoms with van der Waals surface area (Å²) >= 11 is 0. The predicted octanol–water partition coefficient (Wildman–Crippen LogP) is 11.2. The van der Waals surface area contributed by atoms with Gasteiger partial charge in [-0.25, -0.2) is 19.9 Å². The maximum Gasteiger partial charge on any atom is 0.276 e. The lowest BCUT2D eigenvalue weighted by Crippen LogP contribution is -2.26. The minimum atomic E-state index is -0.560. The summed E-state index contributed by atoms with van der Waals surface area (Å²) in [6.45, 7) is 26.8. The molecule has 12 heterocycles. The van der Waals surface area contributed by atoms with Crippen LogP contribution in [0.15, 0.2) is 121 Å². The minimum absolute atomic E-state index is 0.0498. The van der Waals surface area contributed by atoms with E-state index in [2.05, 4.69) is 61.6 Å². The SMILES string of the molecule is C/C=C/C[C@@H]1COc2cc(C(N)=O)cc3nc(NC(=O)c4cc(C)nn4CC)n1c23.C/C=C/C[C@H]1COc2cc(C(N)=O)cc3nc(NC(=O)c4cc(C)nn4CC)n1c23.C/C=C\C[C@H]1COc2cc(C(N)=O)cc3nc(NC(=O)c4cc(C)nn4CC)n1c23.CC=CCC1COc2cc(C(N)=O)cc3nc(NC(=O)c4cc(C)nn4CC)n1c23. The molecule has 8 amide bonds. The van der Waals surface area contributed by atoms with Crippen molar-refractivity contribution in [2.45, 2.75) is 159 Å². The van der Waals surface area contributed by atoms with Crippen LogP contribution < -0.4 is 63.1 Å². The van der Waals surface area contributed by atoms with Crippen LogP contribution in [-0.2, 0) is 26.2 Å². The number of amides is 8. The van der Waals surface area contributed by atoms with E-state index in [1.54, 1.807) is 91.5 Å². The molecule has 8 aromatic heterocycles. The van der Waals surface area contributed by atoms with Crippen molar-refractivity contribution in [2.75, 3.05) is 47.7 Å². The van der Waals surface area contributed by atoms with Crippen molar-refractivity contribution in [1.29, 1.82) is 0 Å². The molecule has 16 rings (SSSR count). The van der Waals surface area contributed by atoms with Gasteiger partial charge in [0.2, 0.25) is 47.4 Å². The van der Waals surface area contributed by atoms with E-state index in [1.807, 2.05) is 150 Å². The van der Waals surface area contributed by atoms with E-state index in [0.717, 1.165) is 44.8 Å². The molecule has 4 aliphatic heterocycles. The maximum absolute atomic E-state index is 13.0. The summed E-state index contributed by atoms with van der Waals surface area (Å²) in [5.74, 6) is 0.296. The monoisotopic (exact) mass is 1630 g/mol. The summed E-state index contributed by atoms with van der Waals surface area (Å²) in [6, 6.07) is 19.7. The molecule has 4 atom stereocenters. The Labute approximate surface area is 688 Å².